The average molecular weight is 357 g/mol. The van der Waals surface area contributed by atoms with E-state index in [1.54, 1.807) is 0 Å². The van der Waals surface area contributed by atoms with Gasteiger partial charge in [0.25, 0.3) is 0 Å². The Morgan fingerprint density at radius 2 is 1.12 bits per heavy atom. The van der Waals surface area contributed by atoms with Gasteiger partial charge in [0.05, 0.1) is 13.2 Å². The number of hydrogen-bond donors (Lipinski definition) is 0. The van der Waals surface area contributed by atoms with Gasteiger partial charge >= 0.3 is 11.9 Å². The lowest BCUT2D eigenvalue weighted by Crippen LogP contribution is -2.33. The highest BCUT2D eigenvalue weighted by Gasteiger charge is 2.34. The molecule has 0 aromatic rings. The van der Waals surface area contributed by atoms with Gasteiger partial charge in [-0.2, -0.15) is 0 Å². The molecule has 0 rings (SSSR count). The minimum Gasteiger partial charge on any atom is -0.465 e. The van der Waals surface area contributed by atoms with Crippen LogP contribution in [0, 0.1) is 11.8 Å². The van der Waals surface area contributed by atoms with Gasteiger partial charge in [-0.3, -0.25) is 9.59 Å². The number of hydrogen-bond acceptors (Lipinski definition) is 4. The average Bonchev–Trinajstić information content (AvgIpc) is 2.58. The summed E-state index contributed by atoms with van der Waals surface area (Å²) in [5, 5.41) is 0. The summed E-state index contributed by atoms with van der Waals surface area (Å²) in [4.78, 5) is 24.8. The maximum absolute atomic E-state index is 12.4. The normalized spacial score (nSPS) is 12.2. The van der Waals surface area contributed by atoms with Crippen LogP contribution in [0.2, 0.25) is 0 Å². The van der Waals surface area contributed by atoms with Crippen molar-refractivity contribution in [2.24, 2.45) is 11.8 Å². The van der Waals surface area contributed by atoms with Crippen LogP contribution in [0.4, 0.5) is 0 Å². The predicted octanol–water partition coefficient (Wildman–Crippen LogP) is 5.68. The van der Waals surface area contributed by atoms with Crippen LogP contribution in [0.15, 0.2) is 0 Å². The van der Waals surface area contributed by atoms with E-state index in [2.05, 4.69) is 6.92 Å². The van der Waals surface area contributed by atoms with Crippen molar-refractivity contribution in [3.8, 4) is 0 Å². The molecule has 0 aromatic carbocycles. The summed E-state index contributed by atoms with van der Waals surface area (Å²) in [7, 11) is 0. The molecule has 1 atom stereocenters. The van der Waals surface area contributed by atoms with Crippen molar-refractivity contribution in [1.29, 1.82) is 0 Å². The van der Waals surface area contributed by atoms with E-state index in [9.17, 15) is 9.59 Å². The third kappa shape index (κ3) is 12.0. The molecule has 0 saturated carbocycles. The highest BCUT2D eigenvalue weighted by molar-refractivity contribution is 5.95. The summed E-state index contributed by atoms with van der Waals surface area (Å²) in [6, 6.07) is 0. The third-order valence-electron chi connectivity index (χ3n) is 4.57. The van der Waals surface area contributed by atoms with Crippen molar-refractivity contribution in [3.63, 3.8) is 0 Å². The Morgan fingerprint density at radius 1 is 0.680 bits per heavy atom. The molecule has 0 radical (unpaired) electrons. The van der Waals surface area contributed by atoms with E-state index in [-0.39, 0.29) is 5.92 Å². The Kier molecular flexibility index (Phi) is 15.7. The summed E-state index contributed by atoms with van der Waals surface area (Å²) in [5.41, 5.74) is 0. The molecular formula is C21H40O4. The van der Waals surface area contributed by atoms with Crippen LogP contribution in [0.3, 0.4) is 0 Å². The van der Waals surface area contributed by atoms with E-state index in [4.69, 9.17) is 9.47 Å². The molecule has 25 heavy (non-hydrogen) atoms. The quantitative estimate of drug-likeness (QED) is 0.203. The fourth-order valence-electron chi connectivity index (χ4n) is 2.79. The number of carbonyl (C=O) groups is 2. The molecular weight excluding hydrogens is 316 g/mol. The molecule has 0 aliphatic rings. The largest absolute Gasteiger partial charge is 0.465 e. The SMILES string of the molecule is CCCCCCCC[C@H](C)C(C(=O)OCCCC)C(=O)OCCCC. The molecule has 4 nitrogen and oxygen atoms in total. The molecule has 0 unspecified atom stereocenters. The standard InChI is InChI=1S/C21H40O4/c1-5-8-11-12-13-14-15-18(4)19(20(22)24-16-9-6-2)21(23)25-17-10-7-3/h18-19H,5-17H2,1-4H3/t18-/m0/s1. The van der Waals surface area contributed by atoms with Crippen molar-refractivity contribution in [1.82, 2.24) is 0 Å². The Hall–Kier alpha value is -1.06. The molecule has 0 saturated heterocycles. The number of rotatable bonds is 16. The Bertz CT molecular complexity index is 319. The second kappa shape index (κ2) is 16.4. The molecule has 0 aromatic heterocycles. The first-order valence-electron chi connectivity index (χ1n) is 10.4. The van der Waals surface area contributed by atoms with Crippen LogP contribution < -0.4 is 0 Å². The molecule has 4 heteroatoms. The lowest BCUT2D eigenvalue weighted by atomic mass is 9.89. The van der Waals surface area contributed by atoms with Crippen LogP contribution in [-0.2, 0) is 19.1 Å². The lowest BCUT2D eigenvalue weighted by Gasteiger charge is -2.21. The van der Waals surface area contributed by atoms with E-state index in [1.807, 2.05) is 20.8 Å². The molecule has 0 amide bonds. The minimum absolute atomic E-state index is 0.0329. The molecule has 148 valence electrons. The molecule has 0 aliphatic heterocycles. The molecule has 0 spiro atoms. The third-order valence-corrected chi connectivity index (χ3v) is 4.57. The van der Waals surface area contributed by atoms with Crippen LogP contribution in [-0.4, -0.2) is 25.2 Å². The fourth-order valence-corrected chi connectivity index (χ4v) is 2.79. The van der Waals surface area contributed by atoms with Crippen LogP contribution >= 0.6 is 0 Å². The van der Waals surface area contributed by atoms with Crippen molar-refractivity contribution < 1.29 is 19.1 Å². The highest BCUT2D eigenvalue weighted by Crippen LogP contribution is 2.23. The summed E-state index contributed by atoms with van der Waals surface area (Å²) >= 11 is 0. The van der Waals surface area contributed by atoms with Crippen LogP contribution in [0.25, 0.3) is 0 Å². The van der Waals surface area contributed by atoms with Gasteiger partial charge in [0.15, 0.2) is 5.92 Å². The zero-order valence-electron chi connectivity index (χ0n) is 17.0. The Labute approximate surface area is 155 Å². The van der Waals surface area contributed by atoms with Crippen molar-refractivity contribution in [2.45, 2.75) is 98.3 Å². The minimum atomic E-state index is -0.774. The topological polar surface area (TPSA) is 52.6 Å². The second-order valence-electron chi connectivity index (χ2n) is 7.05. The van der Waals surface area contributed by atoms with Gasteiger partial charge in [-0.1, -0.05) is 79.1 Å². The number of ether oxygens (including phenoxy) is 2. The van der Waals surface area contributed by atoms with Gasteiger partial charge < -0.3 is 9.47 Å². The zero-order valence-corrected chi connectivity index (χ0v) is 17.0. The second-order valence-corrected chi connectivity index (χ2v) is 7.05. The van der Waals surface area contributed by atoms with E-state index in [0.29, 0.717) is 13.2 Å². The van der Waals surface area contributed by atoms with Gasteiger partial charge in [0.2, 0.25) is 0 Å². The number of esters is 2. The van der Waals surface area contributed by atoms with Gasteiger partial charge in [0, 0.05) is 0 Å². The first kappa shape index (κ1) is 23.9. The maximum atomic E-state index is 12.4. The van der Waals surface area contributed by atoms with Gasteiger partial charge in [-0.25, -0.2) is 0 Å². The Balaban J connectivity index is 4.47. The van der Waals surface area contributed by atoms with E-state index >= 15 is 0 Å². The fraction of sp³-hybridized carbons (Fsp3) is 0.905. The Morgan fingerprint density at radius 3 is 1.60 bits per heavy atom. The molecule has 0 bridgehead atoms. The van der Waals surface area contributed by atoms with Gasteiger partial charge in [0.1, 0.15) is 0 Å². The van der Waals surface area contributed by atoms with Crippen LogP contribution in [0.1, 0.15) is 98.3 Å². The molecule has 0 aliphatic carbocycles. The first-order chi connectivity index (χ1) is 12.1. The number of carbonyl (C=O) groups excluding carboxylic acids is 2. The highest BCUT2D eigenvalue weighted by atomic mass is 16.6. The molecule has 0 heterocycles. The van der Waals surface area contributed by atoms with Crippen molar-refractivity contribution in [2.75, 3.05) is 13.2 Å². The predicted molar refractivity (Wildman–Crippen MR) is 102 cm³/mol. The smallest absolute Gasteiger partial charge is 0.320 e. The van der Waals surface area contributed by atoms with E-state index in [1.165, 1.54) is 25.7 Å². The summed E-state index contributed by atoms with van der Waals surface area (Å²) in [5.74, 6) is -1.62. The van der Waals surface area contributed by atoms with E-state index < -0.39 is 17.9 Å². The summed E-state index contributed by atoms with van der Waals surface area (Å²) in [6.45, 7) is 9.05. The van der Waals surface area contributed by atoms with Crippen LogP contribution in [0.5, 0.6) is 0 Å². The van der Waals surface area contributed by atoms with Gasteiger partial charge in [-0.05, 0) is 25.2 Å². The van der Waals surface area contributed by atoms with Crippen molar-refractivity contribution >= 4 is 11.9 Å². The van der Waals surface area contributed by atoms with E-state index in [0.717, 1.165) is 44.9 Å². The first-order valence-corrected chi connectivity index (χ1v) is 10.4. The molecule has 0 fully saturated rings. The van der Waals surface area contributed by atoms with Crippen molar-refractivity contribution in [3.05, 3.63) is 0 Å². The zero-order chi connectivity index (χ0) is 18.9. The summed E-state index contributed by atoms with van der Waals surface area (Å²) < 4.78 is 10.6. The summed E-state index contributed by atoms with van der Waals surface area (Å²) in [6.07, 6.45) is 11.7. The number of unbranched alkanes of at least 4 members (excludes halogenated alkanes) is 7. The molecule has 0 N–H and O–H groups in total. The van der Waals surface area contributed by atoms with Gasteiger partial charge in [-0.15, -0.1) is 0 Å². The monoisotopic (exact) mass is 356 g/mol. The maximum Gasteiger partial charge on any atom is 0.320 e. The lowest BCUT2D eigenvalue weighted by molar-refractivity contribution is -0.165.